The lowest BCUT2D eigenvalue weighted by atomic mass is 9.93. The van der Waals surface area contributed by atoms with Crippen molar-refractivity contribution in [2.75, 3.05) is 7.11 Å². The van der Waals surface area contributed by atoms with Gasteiger partial charge in [-0.2, -0.15) is 5.10 Å². The van der Waals surface area contributed by atoms with Crippen LogP contribution in [-0.4, -0.2) is 45.1 Å². The van der Waals surface area contributed by atoms with Crippen molar-refractivity contribution in [3.63, 3.8) is 0 Å². The van der Waals surface area contributed by atoms with Crippen LogP contribution in [0.3, 0.4) is 0 Å². The number of esters is 1. The molecule has 0 aliphatic rings. The van der Waals surface area contributed by atoms with Crippen LogP contribution in [0.2, 0.25) is 0 Å². The van der Waals surface area contributed by atoms with Crippen LogP contribution in [0.4, 0.5) is 4.39 Å². The van der Waals surface area contributed by atoms with Gasteiger partial charge in [-0.05, 0) is 35.7 Å². The topological polar surface area (TPSA) is 84.1 Å². The molecule has 2 unspecified atom stereocenters. The molecule has 2 N–H and O–H groups in total. The Balaban J connectivity index is 2.02. The predicted octanol–water partition coefficient (Wildman–Crippen LogP) is 3.95. The standard InChI is InChI=1S/C24H27FN2O4/c1-15(2)24-20(11-10-18(28)13-19(29)14-22(30)31-3)23(16-6-8-17(25)9-7-16)21-5-4-12-27(21)26-24/h4-12,15,18-19,28-29H,13-14H2,1-3H3/b11-10+. The minimum Gasteiger partial charge on any atom is -0.469 e. The average molecular weight is 426 g/mol. The lowest BCUT2D eigenvalue weighted by molar-refractivity contribution is -0.143. The molecule has 6 nitrogen and oxygen atoms in total. The molecule has 0 spiro atoms. The highest BCUT2D eigenvalue weighted by Crippen LogP contribution is 2.34. The lowest BCUT2D eigenvalue weighted by Gasteiger charge is -2.17. The number of carbonyl (C=O) groups is 1. The van der Waals surface area contributed by atoms with Crippen LogP contribution in [0.5, 0.6) is 0 Å². The van der Waals surface area contributed by atoms with Crippen LogP contribution < -0.4 is 0 Å². The predicted molar refractivity (Wildman–Crippen MR) is 117 cm³/mol. The van der Waals surface area contributed by atoms with Crippen molar-refractivity contribution in [2.45, 2.75) is 44.8 Å². The Morgan fingerprint density at radius 1 is 1.23 bits per heavy atom. The van der Waals surface area contributed by atoms with Crippen LogP contribution in [0.15, 0.2) is 48.7 Å². The summed E-state index contributed by atoms with van der Waals surface area (Å²) in [6.07, 6.45) is 3.05. The molecule has 0 fully saturated rings. The number of rotatable bonds is 8. The van der Waals surface area contributed by atoms with Crippen molar-refractivity contribution in [2.24, 2.45) is 0 Å². The maximum atomic E-state index is 13.5. The molecule has 1 aromatic carbocycles. The number of ether oxygens (including phenoxy) is 1. The number of hydrogen-bond acceptors (Lipinski definition) is 5. The number of halogens is 1. The van der Waals surface area contributed by atoms with Gasteiger partial charge in [-0.25, -0.2) is 8.91 Å². The number of fused-ring (bicyclic) bond motifs is 1. The zero-order valence-corrected chi connectivity index (χ0v) is 17.8. The van der Waals surface area contributed by atoms with Crippen LogP contribution >= 0.6 is 0 Å². The number of aliphatic hydroxyl groups is 2. The van der Waals surface area contributed by atoms with Gasteiger partial charge in [-0.1, -0.05) is 38.1 Å². The molecule has 0 bridgehead atoms. The number of hydrogen-bond donors (Lipinski definition) is 2. The fourth-order valence-corrected chi connectivity index (χ4v) is 3.53. The quantitative estimate of drug-likeness (QED) is 0.533. The zero-order chi connectivity index (χ0) is 22.5. The van der Waals surface area contributed by atoms with Crippen molar-refractivity contribution in [3.8, 4) is 11.1 Å². The summed E-state index contributed by atoms with van der Waals surface area (Å²) in [6, 6.07) is 10.1. The Hall–Kier alpha value is -3.03. The van der Waals surface area contributed by atoms with E-state index in [0.717, 1.165) is 27.9 Å². The molecule has 3 aromatic rings. The van der Waals surface area contributed by atoms with E-state index in [4.69, 9.17) is 5.10 Å². The minimum atomic E-state index is -1.01. The van der Waals surface area contributed by atoms with Crippen LogP contribution in [0.1, 0.15) is 43.9 Å². The van der Waals surface area contributed by atoms with Crippen LogP contribution in [-0.2, 0) is 9.53 Å². The highest BCUT2D eigenvalue weighted by molar-refractivity contribution is 5.88. The fourth-order valence-electron chi connectivity index (χ4n) is 3.53. The molecule has 2 heterocycles. The lowest BCUT2D eigenvalue weighted by Crippen LogP contribution is -2.20. The number of nitrogens with zero attached hydrogens (tertiary/aromatic N) is 2. The number of aliphatic hydroxyl groups excluding tert-OH is 2. The second kappa shape index (κ2) is 9.85. The summed E-state index contributed by atoms with van der Waals surface area (Å²) in [7, 11) is 1.25. The summed E-state index contributed by atoms with van der Waals surface area (Å²) in [5.41, 5.74) is 4.20. The first-order valence-electron chi connectivity index (χ1n) is 10.2. The molecule has 164 valence electrons. The van der Waals surface area contributed by atoms with Crippen LogP contribution in [0.25, 0.3) is 22.7 Å². The first-order chi connectivity index (χ1) is 14.8. The monoisotopic (exact) mass is 426 g/mol. The van der Waals surface area contributed by atoms with E-state index in [2.05, 4.69) is 4.74 Å². The number of carbonyl (C=O) groups excluding carboxylic acids is 1. The first-order valence-corrected chi connectivity index (χ1v) is 10.2. The maximum Gasteiger partial charge on any atom is 0.308 e. The third-order valence-electron chi connectivity index (χ3n) is 5.05. The van der Waals surface area contributed by atoms with E-state index in [1.807, 2.05) is 32.2 Å². The molecule has 7 heteroatoms. The van der Waals surface area contributed by atoms with E-state index < -0.39 is 18.2 Å². The Labute approximate surface area is 180 Å². The maximum absolute atomic E-state index is 13.5. The molecule has 2 atom stereocenters. The highest BCUT2D eigenvalue weighted by atomic mass is 19.1. The molecule has 0 aliphatic carbocycles. The zero-order valence-electron chi connectivity index (χ0n) is 17.8. The van der Waals surface area contributed by atoms with Gasteiger partial charge in [0, 0.05) is 23.7 Å². The van der Waals surface area contributed by atoms with E-state index in [9.17, 15) is 19.4 Å². The van der Waals surface area contributed by atoms with Crippen molar-refractivity contribution in [3.05, 3.63) is 65.7 Å². The summed E-state index contributed by atoms with van der Waals surface area (Å²) in [4.78, 5) is 11.3. The van der Waals surface area contributed by atoms with Gasteiger partial charge in [0.25, 0.3) is 0 Å². The van der Waals surface area contributed by atoms with Gasteiger partial charge in [0.1, 0.15) is 5.82 Å². The smallest absolute Gasteiger partial charge is 0.308 e. The largest absolute Gasteiger partial charge is 0.469 e. The van der Waals surface area contributed by atoms with E-state index in [0.29, 0.717) is 0 Å². The average Bonchev–Trinajstić information content (AvgIpc) is 3.20. The van der Waals surface area contributed by atoms with Gasteiger partial charge >= 0.3 is 5.97 Å². The van der Waals surface area contributed by atoms with Crippen LogP contribution in [0, 0.1) is 5.82 Å². The van der Waals surface area contributed by atoms with E-state index in [-0.39, 0.29) is 24.6 Å². The SMILES string of the molecule is COC(=O)CC(O)CC(O)/C=C/c1c(C(C)C)nn2cccc2c1-c1ccc(F)cc1. The van der Waals surface area contributed by atoms with Crippen molar-refractivity contribution in [1.82, 2.24) is 9.61 Å². The molecule has 0 aliphatic heterocycles. The normalized spacial score (nSPS) is 13.8. The fraction of sp³-hybridized carbons (Fsp3) is 0.333. The molecule has 3 rings (SSSR count). The van der Waals surface area contributed by atoms with Gasteiger partial charge in [0.2, 0.25) is 0 Å². The third-order valence-corrected chi connectivity index (χ3v) is 5.05. The Kier molecular flexibility index (Phi) is 7.20. The summed E-state index contributed by atoms with van der Waals surface area (Å²) in [6.45, 7) is 4.06. The minimum absolute atomic E-state index is 0.00467. The Bertz CT molecular complexity index is 1070. The molecule has 0 saturated heterocycles. The van der Waals surface area contributed by atoms with Gasteiger partial charge in [-0.15, -0.1) is 0 Å². The van der Waals surface area contributed by atoms with Gasteiger partial charge in [0.05, 0.1) is 36.9 Å². The van der Waals surface area contributed by atoms with Crippen molar-refractivity contribution < 1.29 is 24.1 Å². The first kappa shape index (κ1) is 22.7. The van der Waals surface area contributed by atoms with Crippen molar-refractivity contribution >= 4 is 17.6 Å². The van der Waals surface area contributed by atoms with Gasteiger partial charge in [0.15, 0.2) is 0 Å². The number of benzene rings is 1. The highest BCUT2D eigenvalue weighted by Gasteiger charge is 2.19. The molecule has 0 saturated carbocycles. The number of methoxy groups -OCH3 is 1. The van der Waals surface area contributed by atoms with Gasteiger partial charge < -0.3 is 14.9 Å². The Morgan fingerprint density at radius 3 is 2.58 bits per heavy atom. The van der Waals surface area contributed by atoms with Crippen molar-refractivity contribution in [1.29, 1.82) is 0 Å². The summed E-state index contributed by atoms with van der Waals surface area (Å²) >= 11 is 0. The molecule has 2 aromatic heterocycles. The van der Waals surface area contributed by atoms with Gasteiger partial charge in [-0.3, -0.25) is 4.79 Å². The van der Waals surface area contributed by atoms with E-state index >= 15 is 0 Å². The molecular formula is C24H27FN2O4. The summed E-state index contributed by atoms with van der Waals surface area (Å²) in [5, 5.41) is 25.1. The number of aromatic nitrogens is 2. The molecule has 0 radical (unpaired) electrons. The Morgan fingerprint density at radius 2 is 1.94 bits per heavy atom. The molecule has 0 amide bonds. The van der Waals surface area contributed by atoms with E-state index in [1.54, 1.807) is 28.8 Å². The second-order valence-electron chi connectivity index (χ2n) is 7.77. The summed E-state index contributed by atoms with van der Waals surface area (Å²) in [5.74, 6) is -0.764. The third kappa shape index (κ3) is 5.37. The summed E-state index contributed by atoms with van der Waals surface area (Å²) < 4.78 is 19.9. The second-order valence-corrected chi connectivity index (χ2v) is 7.77. The molecule has 31 heavy (non-hydrogen) atoms. The van der Waals surface area contributed by atoms with E-state index in [1.165, 1.54) is 19.2 Å². The molecular weight excluding hydrogens is 399 g/mol.